The highest BCUT2D eigenvalue weighted by Gasteiger charge is 2.71. The number of rotatable bonds is 9. The number of nitrogens with zero attached hydrogens (tertiary/aromatic N) is 4. The summed E-state index contributed by atoms with van der Waals surface area (Å²) in [6.07, 6.45) is 3.45. The molecule has 0 spiro atoms. The molecule has 1 aromatic heterocycles. The first-order valence-electron chi connectivity index (χ1n) is 13.4. The summed E-state index contributed by atoms with van der Waals surface area (Å²) in [6, 6.07) is 20.3. The molecule has 1 saturated carbocycles. The second kappa shape index (κ2) is 9.94. The van der Waals surface area contributed by atoms with Gasteiger partial charge in [-0.15, -0.1) is 5.10 Å². The van der Waals surface area contributed by atoms with E-state index in [-0.39, 0.29) is 22.7 Å². The largest absolute Gasteiger partial charge is 0.355 e. The molecule has 0 unspecified atom stereocenters. The van der Waals surface area contributed by atoms with Crippen LogP contribution in [0, 0.1) is 24.1 Å². The highest BCUT2D eigenvalue weighted by molar-refractivity contribution is 7.89. The van der Waals surface area contributed by atoms with E-state index < -0.39 is 15.4 Å². The van der Waals surface area contributed by atoms with E-state index in [1.807, 2.05) is 44.2 Å². The van der Waals surface area contributed by atoms with Crippen molar-refractivity contribution in [1.29, 1.82) is 5.41 Å². The fraction of sp³-hybridized carbons (Fsp3) is 0.300. The van der Waals surface area contributed by atoms with Crippen molar-refractivity contribution < 1.29 is 12.8 Å². The Morgan fingerprint density at radius 2 is 1.90 bits per heavy atom. The van der Waals surface area contributed by atoms with Gasteiger partial charge < -0.3 is 10.7 Å². The lowest BCUT2D eigenvalue weighted by Crippen LogP contribution is -2.35. The minimum atomic E-state index is -3.82. The predicted molar refractivity (Wildman–Crippen MR) is 152 cm³/mol. The number of fused-ring (bicyclic) bond motifs is 1. The Morgan fingerprint density at radius 1 is 1.15 bits per heavy atom. The summed E-state index contributed by atoms with van der Waals surface area (Å²) in [7, 11) is -3.82. The lowest BCUT2D eigenvalue weighted by Gasteiger charge is -2.25. The van der Waals surface area contributed by atoms with Gasteiger partial charge in [-0.25, -0.2) is 12.8 Å². The van der Waals surface area contributed by atoms with Crippen LogP contribution in [0.2, 0.25) is 0 Å². The number of aromatic nitrogens is 3. The van der Waals surface area contributed by atoms with Gasteiger partial charge >= 0.3 is 0 Å². The number of nitrogens with one attached hydrogen (secondary N) is 2. The van der Waals surface area contributed by atoms with E-state index in [0.717, 1.165) is 28.9 Å². The molecule has 40 heavy (non-hydrogen) atoms. The molecule has 1 aliphatic carbocycles. The van der Waals surface area contributed by atoms with Gasteiger partial charge in [0.15, 0.2) is 0 Å². The second-order valence-electron chi connectivity index (χ2n) is 10.6. The van der Waals surface area contributed by atoms with Crippen molar-refractivity contribution in [1.82, 2.24) is 19.3 Å². The molecule has 2 fully saturated rings. The maximum absolute atomic E-state index is 13.7. The minimum Gasteiger partial charge on any atom is -0.355 e. The van der Waals surface area contributed by atoms with Crippen LogP contribution < -0.4 is 5.32 Å². The fourth-order valence-corrected chi connectivity index (χ4v) is 7.77. The van der Waals surface area contributed by atoms with Gasteiger partial charge in [-0.1, -0.05) is 37.3 Å². The highest BCUT2D eigenvalue weighted by Crippen LogP contribution is 2.70. The average molecular weight is 559 g/mol. The Kier molecular flexibility index (Phi) is 6.54. The van der Waals surface area contributed by atoms with Crippen LogP contribution in [-0.4, -0.2) is 47.0 Å². The van der Waals surface area contributed by atoms with Crippen LogP contribution in [-0.2, 0) is 22.0 Å². The van der Waals surface area contributed by atoms with Crippen molar-refractivity contribution in [3.8, 4) is 0 Å². The molecule has 0 amide bonds. The van der Waals surface area contributed by atoms with Gasteiger partial charge in [-0.3, -0.25) is 0 Å². The van der Waals surface area contributed by atoms with Gasteiger partial charge in [0.1, 0.15) is 5.82 Å². The normalized spacial score (nSPS) is 22.2. The Morgan fingerprint density at radius 3 is 2.60 bits per heavy atom. The number of benzene rings is 3. The lowest BCUT2D eigenvalue weighted by molar-refractivity contribution is 0.417. The summed E-state index contributed by atoms with van der Waals surface area (Å²) in [5, 5.41) is 19.8. The second-order valence-corrected chi connectivity index (χ2v) is 12.5. The number of hydrogen-bond acceptors (Lipinski definition) is 6. The first-order chi connectivity index (χ1) is 19.3. The van der Waals surface area contributed by atoms with Gasteiger partial charge in [-0.2, -0.15) is 14.2 Å². The first-order valence-corrected chi connectivity index (χ1v) is 14.9. The molecular formula is C30H31FN6O2S. The highest BCUT2D eigenvalue weighted by atomic mass is 32.2. The average Bonchev–Trinajstić information content (AvgIpc) is 3.25. The van der Waals surface area contributed by atoms with E-state index in [1.165, 1.54) is 34.9 Å². The smallest absolute Gasteiger partial charge is 0.264 e. The molecule has 3 aromatic carbocycles. The Bertz CT molecular complexity index is 1670. The minimum absolute atomic E-state index is 0.0237. The van der Waals surface area contributed by atoms with Gasteiger partial charge in [0.05, 0.1) is 12.7 Å². The molecule has 8 nitrogen and oxygen atoms in total. The quantitative estimate of drug-likeness (QED) is 0.274. The third-order valence-corrected chi connectivity index (χ3v) is 9.90. The molecule has 2 N–H and O–H groups in total. The van der Waals surface area contributed by atoms with Gasteiger partial charge in [-0.05, 0) is 72.4 Å². The van der Waals surface area contributed by atoms with E-state index in [2.05, 4.69) is 27.6 Å². The molecule has 1 saturated heterocycles. The van der Waals surface area contributed by atoms with E-state index in [1.54, 1.807) is 16.4 Å². The zero-order valence-corrected chi connectivity index (χ0v) is 23.2. The third-order valence-electron chi connectivity index (χ3n) is 8.23. The number of anilines is 2. The zero-order chi connectivity index (χ0) is 28.1. The van der Waals surface area contributed by atoms with Crippen molar-refractivity contribution in [3.63, 3.8) is 0 Å². The van der Waals surface area contributed by atoms with Crippen LogP contribution in [0.1, 0.15) is 41.5 Å². The number of hydrogen-bond donors (Lipinski definition) is 2. The molecule has 4 aromatic rings. The summed E-state index contributed by atoms with van der Waals surface area (Å²) < 4.78 is 42.3. The van der Waals surface area contributed by atoms with Crippen LogP contribution in [0.25, 0.3) is 0 Å². The maximum atomic E-state index is 13.7. The van der Waals surface area contributed by atoms with Crippen LogP contribution in [0.4, 0.5) is 15.8 Å². The first kappa shape index (κ1) is 26.3. The Hall–Kier alpha value is -3.89. The summed E-state index contributed by atoms with van der Waals surface area (Å²) in [5.41, 5.74) is 4.94. The topological polar surface area (TPSA) is 104 Å². The SMILES string of the molecule is CCCn1ncc(S(=O)(=O)N2C[C@H]3[C@H](c4ccccc4)[C@@]3(c3cc(C=N)c(Nc4ccc(F)cc4)cc3C)C2)n1. The number of piperidine rings is 1. The van der Waals surface area contributed by atoms with Crippen molar-refractivity contribution in [2.75, 3.05) is 18.4 Å². The molecule has 10 heteroatoms. The molecule has 2 heterocycles. The van der Waals surface area contributed by atoms with Crippen LogP contribution in [0.3, 0.4) is 0 Å². The summed E-state index contributed by atoms with van der Waals surface area (Å²) in [5.74, 6) is -0.0727. The third kappa shape index (κ3) is 4.31. The molecule has 6 rings (SSSR count). The van der Waals surface area contributed by atoms with Crippen LogP contribution in [0.5, 0.6) is 0 Å². The standard InChI is InChI=1S/C30H31FN6O2S/c1-3-13-37-33-17-28(35-37)40(38,39)36-18-26-29(21-7-5-4-6-8-21)30(26,19-36)25-15-22(16-32)27(14-20(25)2)34-24-11-9-23(31)10-12-24/h4-12,14-17,26,29,32,34H,3,13,18-19H2,1-2H3/t26-,29-,30+/m0/s1. The molecular weight excluding hydrogens is 527 g/mol. The van der Waals surface area contributed by atoms with Gasteiger partial charge in [0.2, 0.25) is 5.03 Å². The van der Waals surface area contributed by atoms with Crippen molar-refractivity contribution >= 4 is 27.6 Å². The van der Waals surface area contributed by atoms with Crippen molar-refractivity contribution in [3.05, 3.63) is 101 Å². The maximum Gasteiger partial charge on any atom is 0.264 e. The van der Waals surface area contributed by atoms with E-state index >= 15 is 0 Å². The van der Waals surface area contributed by atoms with Crippen LogP contribution >= 0.6 is 0 Å². The van der Waals surface area contributed by atoms with Gasteiger partial charge in [0, 0.05) is 47.6 Å². The van der Waals surface area contributed by atoms with E-state index in [9.17, 15) is 12.8 Å². The van der Waals surface area contributed by atoms with Crippen molar-refractivity contribution in [2.24, 2.45) is 5.92 Å². The van der Waals surface area contributed by atoms with E-state index in [0.29, 0.717) is 25.2 Å². The molecule has 2 aliphatic rings. The molecule has 0 radical (unpaired) electrons. The summed E-state index contributed by atoms with van der Waals surface area (Å²) in [6.45, 7) is 5.28. The summed E-state index contributed by atoms with van der Waals surface area (Å²) in [4.78, 5) is 1.43. The number of sulfonamides is 1. The lowest BCUT2D eigenvalue weighted by atomic mass is 9.86. The van der Waals surface area contributed by atoms with Crippen molar-refractivity contribution in [2.45, 2.75) is 43.2 Å². The molecule has 1 aliphatic heterocycles. The monoisotopic (exact) mass is 558 g/mol. The molecule has 206 valence electrons. The summed E-state index contributed by atoms with van der Waals surface area (Å²) >= 11 is 0. The number of aryl methyl sites for hydroxylation is 2. The van der Waals surface area contributed by atoms with Gasteiger partial charge in [0.25, 0.3) is 10.0 Å². The predicted octanol–water partition coefficient (Wildman–Crippen LogP) is 5.23. The molecule has 0 bridgehead atoms. The Balaban J connectivity index is 1.38. The van der Waals surface area contributed by atoms with E-state index in [4.69, 9.17) is 5.41 Å². The molecule has 3 atom stereocenters. The Labute approximate surface area is 233 Å². The van der Waals surface area contributed by atoms with Crippen LogP contribution in [0.15, 0.2) is 78.0 Å². The zero-order valence-electron chi connectivity index (χ0n) is 22.4. The number of halogens is 1. The fourth-order valence-electron chi connectivity index (χ4n) is 6.39.